The molecule has 8 heteroatoms. The van der Waals surface area contributed by atoms with E-state index in [-0.39, 0.29) is 0 Å². The van der Waals surface area contributed by atoms with Crippen molar-refractivity contribution >= 4 is 34.4 Å². The lowest BCUT2D eigenvalue weighted by atomic mass is 10.4. The number of aromatic nitrogens is 3. The number of thiophene rings is 1. The van der Waals surface area contributed by atoms with Gasteiger partial charge in [-0.1, -0.05) is 17.8 Å². The van der Waals surface area contributed by atoms with Crippen molar-refractivity contribution in [1.29, 1.82) is 0 Å². The Bertz CT molecular complexity index is 777. The third kappa shape index (κ3) is 2.85. The minimum Gasteiger partial charge on any atom is -0.472 e. The molecule has 0 radical (unpaired) electrons. The van der Waals surface area contributed by atoms with Gasteiger partial charge < -0.3 is 8.83 Å². The van der Waals surface area contributed by atoms with E-state index in [1.54, 1.807) is 35.2 Å². The second-order valence-electron chi connectivity index (χ2n) is 4.30. The summed E-state index contributed by atoms with van der Waals surface area (Å²) < 4.78 is 10.7. The van der Waals surface area contributed by atoms with Gasteiger partial charge in [0.2, 0.25) is 0 Å². The van der Waals surface area contributed by atoms with Crippen LogP contribution in [0, 0.1) is 0 Å². The number of nitrogens with zero attached hydrogens (tertiary/aromatic N) is 3. The first kappa shape index (κ1) is 13.7. The van der Waals surface area contributed by atoms with Crippen LogP contribution >= 0.6 is 34.4 Å². The molecule has 22 heavy (non-hydrogen) atoms. The second kappa shape index (κ2) is 6.07. The number of hydrogen-bond donors (Lipinski definition) is 0. The Morgan fingerprint density at radius 1 is 1.18 bits per heavy atom. The maximum absolute atomic E-state index is 5.64. The van der Waals surface area contributed by atoms with E-state index in [1.807, 2.05) is 29.0 Å². The van der Waals surface area contributed by atoms with E-state index >= 15 is 0 Å². The number of hydrogen-bond acceptors (Lipinski definition) is 8. The fraction of sp³-hybridized carbons (Fsp3) is 0.0714. The molecule has 5 nitrogen and oxygen atoms in total. The van der Waals surface area contributed by atoms with Gasteiger partial charge in [-0.3, -0.25) is 0 Å². The molecule has 0 aromatic carbocycles. The molecule has 0 N–H and O–H groups in total. The number of furan rings is 1. The van der Waals surface area contributed by atoms with E-state index in [0.29, 0.717) is 16.9 Å². The average Bonchev–Trinajstić information content (AvgIpc) is 3.33. The van der Waals surface area contributed by atoms with Crippen LogP contribution in [-0.2, 0) is 5.75 Å². The predicted octanol–water partition coefficient (Wildman–Crippen LogP) is 4.81. The Hall–Kier alpha value is -1.90. The molecular weight excluding hydrogens is 338 g/mol. The third-order valence-corrected chi connectivity index (χ3v) is 5.45. The molecule has 110 valence electrons. The number of thioether (sulfide) groups is 1. The van der Waals surface area contributed by atoms with Crippen LogP contribution in [0.15, 0.2) is 55.5 Å². The van der Waals surface area contributed by atoms with Gasteiger partial charge in [0.05, 0.1) is 16.8 Å². The molecule has 0 bridgehead atoms. The Morgan fingerprint density at radius 2 is 2.18 bits per heavy atom. The Labute approximate surface area is 138 Å². The van der Waals surface area contributed by atoms with Crippen molar-refractivity contribution in [3.63, 3.8) is 0 Å². The van der Waals surface area contributed by atoms with Crippen molar-refractivity contribution in [3.8, 4) is 21.3 Å². The molecule has 0 aliphatic carbocycles. The van der Waals surface area contributed by atoms with Gasteiger partial charge in [0.1, 0.15) is 11.3 Å². The van der Waals surface area contributed by atoms with Gasteiger partial charge in [-0.15, -0.1) is 32.9 Å². The van der Waals surface area contributed by atoms with Gasteiger partial charge >= 0.3 is 0 Å². The summed E-state index contributed by atoms with van der Waals surface area (Å²) in [6.45, 7) is 0. The highest BCUT2D eigenvalue weighted by Gasteiger charge is 2.11. The van der Waals surface area contributed by atoms with Gasteiger partial charge in [0.25, 0.3) is 11.1 Å². The van der Waals surface area contributed by atoms with Crippen molar-refractivity contribution in [1.82, 2.24) is 15.2 Å². The van der Waals surface area contributed by atoms with E-state index in [2.05, 4.69) is 15.2 Å². The topological polar surface area (TPSA) is 65.0 Å². The van der Waals surface area contributed by atoms with E-state index in [9.17, 15) is 0 Å². The summed E-state index contributed by atoms with van der Waals surface area (Å²) in [6.07, 6.45) is 3.34. The Kier molecular flexibility index (Phi) is 3.79. The third-order valence-electron chi connectivity index (χ3n) is 2.80. The van der Waals surface area contributed by atoms with Crippen molar-refractivity contribution in [2.45, 2.75) is 11.0 Å². The van der Waals surface area contributed by atoms with Crippen LogP contribution in [0.2, 0.25) is 0 Å². The van der Waals surface area contributed by atoms with Crippen molar-refractivity contribution in [2.75, 3.05) is 0 Å². The highest BCUT2D eigenvalue weighted by atomic mass is 32.2. The summed E-state index contributed by atoms with van der Waals surface area (Å²) in [5.41, 5.74) is 1.99. The molecule has 4 rings (SSSR count). The molecule has 0 saturated heterocycles. The summed E-state index contributed by atoms with van der Waals surface area (Å²) in [7, 11) is 0. The van der Waals surface area contributed by atoms with E-state index in [4.69, 9.17) is 8.83 Å². The first-order chi connectivity index (χ1) is 10.9. The molecule has 0 aliphatic rings. The standard InChI is InChI=1S/C14H9N3O2S3/c1-2-11(20-5-1)12-16-17-14(19-12)22-8-10-7-21-13(15-10)9-3-4-18-6-9/h1-7H,8H2. The van der Waals surface area contributed by atoms with Crippen LogP contribution in [0.4, 0.5) is 0 Å². The zero-order valence-electron chi connectivity index (χ0n) is 11.1. The molecule has 4 aromatic heterocycles. The van der Waals surface area contributed by atoms with Crippen molar-refractivity contribution < 1.29 is 8.83 Å². The van der Waals surface area contributed by atoms with Gasteiger partial charge in [0, 0.05) is 16.7 Å². The number of rotatable bonds is 5. The number of thiazole rings is 1. The molecular formula is C14H9N3O2S3. The molecule has 4 aromatic rings. The first-order valence-electron chi connectivity index (χ1n) is 6.35. The fourth-order valence-electron chi connectivity index (χ4n) is 1.80. The zero-order valence-corrected chi connectivity index (χ0v) is 13.6. The maximum atomic E-state index is 5.64. The quantitative estimate of drug-likeness (QED) is 0.483. The predicted molar refractivity (Wildman–Crippen MR) is 87.0 cm³/mol. The lowest BCUT2D eigenvalue weighted by Crippen LogP contribution is -1.81. The highest BCUT2D eigenvalue weighted by Crippen LogP contribution is 2.30. The van der Waals surface area contributed by atoms with Crippen LogP contribution in [0.5, 0.6) is 0 Å². The summed E-state index contributed by atoms with van der Waals surface area (Å²) in [4.78, 5) is 5.56. The zero-order chi connectivity index (χ0) is 14.8. The normalized spacial score (nSPS) is 11.1. The highest BCUT2D eigenvalue weighted by molar-refractivity contribution is 7.98. The van der Waals surface area contributed by atoms with Crippen molar-refractivity contribution in [3.05, 3.63) is 47.2 Å². The summed E-state index contributed by atoms with van der Waals surface area (Å²) >= 11 is 4.66. The van der Waals surface area contributed by atoms with Crippen molar-refractivity contribution in [2.24, 2.45) is 0 Å². The SMILES string of the molecule is c1csc(-c2nnc(SCc3csc(-c4ccoc4)n3)o2)c1. The van der Waals surface area contributed by atoms with Crippen LogP contribution in [0.3, 0.4) is 0 Å². The smallest absolute Gasteiger partial charge is 0.277 e. The minimum absolute atomic E-state index is 0.557. The van der Waals surface area contributed by atoms with Gasteiger partial charge in [-0.05, 0) is 17.5 Å². The van der Waals surface area contributed by atoms with E-state index < -0.39 is 0 Å². The Balaban J connectivity index is 1.43. The van der Waals surface area contributed by atoms with Gasteiger partial charge in [0.15, 0.2) is 0 Å². The molecule has 0 amide bonds. The molecule has 0 spiro atoms. The Morgan fingerprint density at radius 3 is 3.00 bits per heavy atom. The largest absolute Gasteiger partial charge is 0.472 e. The fourth-order valence-corrected chi connectivity index (χ4v) is 4.01. The molecule has 0 fully saturated rings. The molecule has 4 heterocycles. The van der Waals surface area contributed by atoms with Crippen LogP contribution in [0.25, 0.3) is 21.3 Å². The van der Waals surface area contributed by atoms with Crippen LogP contribution in [0.1, 0.15) is 5.69 Å². The maximum Gasteiger partial charge on any atom is 0.277 e. The molecule has 0 atom stereocenters. The average molecular weight is 347 g/mol. The van der Waals surface area contributed by atoms with Gasteiger partial charge in [-0.25, -0.2) is 4.98 Å². The first-order valence-corrected chi connectivity index (χ1v) is 9.10. The summed E-state index contributed by atoms with van der Waals surface area (Å²) in [5, 5.41) is 13.6. The van der Waals surface area contributed by atoms with Gasteiger partial charge in [-0.2, -0.15) is 0 Å². The molecule has 0 unspecified atom stereocenters. The second-order valence-corrected chi connectivity index (χ2v) is 7.03. The van der Waals surface area contributed by atoms with Crippen LogP contribution in [-0.4, -0.2) is 15.2 Å². The minimum atomic E-state index is 0.557. The summed E-state index contributed by atoms with van der Waals surface area (Å²) in [5.74, 6) is 1.26. The van der Waals surface area contributed by atoms with Crippen LogP contribution < -0.4 is 0 Å². The lowest BCUT2D eigenvalue weighted by molar-refractivity contribution is 0.466. The lowest BCUT2D eigenvalue weighted by Gasteiger charge is -1.92. The summed E-state index contributed by atoms with van der Waals surface area (Å²) in [6, 6.07) is 5.83. The molecule has 0 saturated carbocycles. The monoisotopic (exact) mass is 347 g/mol. The van der Waals surface area contributed by atoms with E-state index in [1.165, 1.54) is 11.8 Å². The van der Waals surface area contributed by atoms with E-state index in [0.717, 1.165) is 21.1 Å². The molecule has 0 aliphatic heterocycles.